The minimum Gasteiger partial charge on any atom is -0.305 e. The fraction of sp³-hybridized carbons (Fsp3) is 0. The van der Waals surface area contributed by atoms with Gasteiger partial charge >= 0.3 is 5.69 Å². The van der Waals surface area contributed by atoms with Crippen molar-refractivity contribution in [1.29, 1.82) is 0 Å². The van der Waals surface area contributed by atoms with Crippen molar-refractivity contribution in [2.75, 3.05) is 4.72 Å². The molecule has 7 heteroatoms. The predicted molar refractivity (Wildman–Crippen MR) is 123 cm³/mol. The number of nitrogens with zero attached hydrogens (tertiary/aromatic N) is 1. The van der Waals surface area contributed by atoms with Crippen molar-refractivity contribution in [2.24, 2.45) is 0 Å². The molecule has 0 spiro atoms. The molecule has 5 rings (SSSR count). The smallest absolute Gasteiger partial charge is 0.305 e. The first-order valence-electron chi connectivity index (χ1n) is 9.61. The largest absolute Gasteiger partial charge is 0.345 e. The van der Waals surface area contributed by atoms with Gasteiger partial charge in [0.1, 0.15) is 0 Å². The first-order chi connectivity index (χ1) is 15.0. The third-order valence-corrected chi connectivity index (χ3v) is 6.47. The second-order valence-electron chi connectivity index (χ2n) is 7.10. The summed E-state index contributed by atoms with van der Waals surface area (Å²) in [5.74, 6) is 0. The molecule has 0 unspecified atom stereocenters. The van der Waals surface area contributed by atoms with Crippen molar-refractivity contribution in [3.8, 4) is 11.3 Å². The number of hydrogen-bond donors (Lipinski definition) is 2. The lowest BCUT2D eigenvalue weighted by atomic mass is 10.0. The minimum atomic E-state index is -3.73. The number of H-pyrrole nitrogens is 1. The van der Waals surface area contributed by atoms with Crippen LogP contribution in [0.2, 0.25) is 0 Å². The number of anilines is 1. The van der Waals surface area contributed by atoms with E-state index in [4.69, 9.17) is 0 Å². The Morgan fingerprint density at radius 1 is 0.774 bits per heavy atom. The van der Waals surface area contributed by atoms with Crippen LogP contribution in [0.3, 0.4) is 0 Å². The first kappa shape index (κ1) is 19.0. The molecule has 0 amide bonds. The molecule has 1 aromatic heterocycles. The molecule has 0 bridgehead atoms. The van der Waals surface area contributed by atoms with Crippen LogP contribution in [0.15, 0.2) is 101 Å². The van der Waals surface area contributed by atoms with E-state index in [9.17, 15) is 13.2 Å². The zero-order valence-electron chi connectivity index (χ0n) is 16.2. The van der Waals surface area contributed by atoms with Crippen LogP contribution < -0.4 is 10.4 Å². The number of rotatable bonds is 4. The lowest BCUT2D eigenvalue weighted by Gasteiger charge is -2.11. The number of benzene rings is 4. The lowest BCUT2D eigenvalue weighted by Crippen LogP contribution is -2.13. The summed E-state index contributed by atoms with van der Waals surface area (Å²) >= 11 is 0. The summed E-state index contributed by atoms with van der Waals surface area (Å²) in [4.78, 5) is 19.5. The van der Waals surface area contributed by atoms with Crippen LogP contribution in [0, 0.1) is 0 Å². The standard InChI is InChI=1S/C24H17N3O3S/c28-24-25-22(21-14-13-16-7-4-5-12-20(16)23(21)26-24)17-8-6-9-18(15-17)27-31(29,30)19-10-2-1-3-11-19/h1-15,27H,(H,25,26,28). The number of fused-ring (bicyclic) bond motifs is 3. The van der Waals surface area contributed by atoms with E-state index < -0.39 is 15.7 Å². The van der Waals surface area contributed by atoms with Gasteiger partial charge in [-0.25, -0.2) is 13.2 Å². The number of aromatic nitrogens is 2. The van der Waals surface area contributed by atoms with Crippen molar-refractivity contribution in [3.05, 3.63) is 101 Å². The summed E-state index contributed by atoms with van der Waals surface area (Å²) in [6.07, 6.45) is 0. The zero-order chi connectivity index (χ0) is 21.4. The fourth-order valence-corrected chi connectivity index (χ4v) is 4.73. The van der Waals surface area contributed by atoms with Crippen LogP contribution in [0.5, 0.6) is 0 Å². The topological polar surface area (TPSA) is 91.9 Å². The fourth-order valence-electron chi connectivity index (χ4n) is 3.66. The Kier molecular flexibility index (Phi) is 4.52. The highest BCUT2D eigenvalue weighted by molar-refractivity contribution is 7.92. The molecule has 0 fully saturated rings. The van der Waals surface area contributed by atoms with Gasteiger partial charge in [0, 0.05) is 22.0 Å². The molecule has 6 nitrogen and oxygen atoms in total. The average Bonchev–Trinajstić information content (AvgIpc) is 2.79. The lowest BCUT2D eigenvalue weighted by molar-refractivity contribution is 0.601. The molecule has 5 aromatic rings. The van der Waals surface area contributed by atoms with Crippen LogP contribution in [0.1, 0.15) is 0 Å². The van der Waals surface area contributed by atoms with Gasteiger partial charge in [-0.1, -0.05) is 66.7 Å². The van der Waals surface area contributed by atoms with Crippen molar-refractivity contribution < 1.29 is 8.42 Å². The third-order valence-electron chi connectivity index (χ3n) is 5.07. The minimum absolute atomic E-state index is 0.173. The van der Waals surface area contributed by atoms with Crippen molar-refractivity contribution in [3.63, 3.8) is 0 Å². The SMILES string of the molecule is O=c1nc(-c2cccc(NS(=O)(=O)c3ccccc3)c2)c2ccc3ccccc3c2[nH]1. The molecule has 0 saturated carbocycles. The number of sulfonamides is 1. The number of aromatic amines is 1. The quantitative estimate of drug-likeness (QED) is 0.412. The number of hydrogen-bond acceptors (Lipinski definition) is 4. The molecule has 2 N–H and O–H groups in total. The second-order valence-corrected chi connectivity index (χ2v) is 8.78. The monoisotopic (exact) mass is 427 g/mol. The van der Waals surface area contributed by atoms with Gasteiger partial charge < -0.3 is 4.98 Å². The van der Waals surface area contributed by atoms with Gasteiger partial charge in [0.15, 0.2) is 0 Å². The Morgan fingerprint density at radius 3 is 2.39 bits per heavy atom. The van der Waals surface area contributed by atoms with Crippen LogP contribution in [-0.4, -0.2) is 18.4 Å². The van der Waals surface area contributed by atoms with E-state index >= 15 is 0 Å². The molecule has 0 aliphatic heterocycles. The summed E-state index contributed by atoms with van der Waals surface area (Å²) in [6, 6.07) is 26.7. The van der Waals surface area contributed by atoms with E-state index in [2.05, 4.69) is 14.7 Å². The maximum absolute atomic E-state index is 12.7. The highest BCUT2D eigenvalue weighted by atomic mass is 32.2. The Bertz CT molecular complexity index is 1590. The summed E-state index contributed by atoms with van der Waals surface area (Å²) < 4.78 is 28.0. The van der Waals surface area contributed by atoms with Crippen LogP contribution in [0.25, 0.3) is 32.9 Å². The Hall–Kier alpha value is -3.97. The van der Waals surface area contributed by atoms with E-state index in [0.717, 1.165) is 16.2 Å². The summed E-state index contributed by atoms with van der Waals surface area (Å²) in [6.45, 7) is 0. The zero-order valence-corrected chi connectivity index (χ0v) is 17.1. The molecular formula is C24H17N3O3S. The molecular weight excluding hydrogens is 410 g/mol. The highest BCUT2D eigenvalue weighted by Crippen LogP contribution is 2.31. The molecule has 0 aliphatic rings. The van der Waals surface area contributed by atoms with Gasteiger partial charge in [-0.2, -0.15) is 4.98 Å². The Morgan fingerprint density at radius 2 is 1.55 bits per heavy atom. The highest BCUT2D eigenvalue weighted by Gasteiger charge is 2.15. The average molecular weight is 427 g/mol. The van der Waals surface area contributed by atoms with Crippen molar-refractivity contribution >= 4 is 37.4 Å². The molecule has 31 heavy (non-hydrogen) atoms. The van der Waals surface area contributed by atoms with E-state index in [0.29, 0.717) is 22.5 Å². The molecule has 1 heterocycles. The number of nitrogens with one attached hydrogen (secondary N) is 2. The van der Waals surface area contributed by atoms with E-state index in [-0.39, 0.29) is 4.90 Å². The van der Waals surface area contributed by atoms with Crippen LogP contribution in [-0.2, 0) is 10.0 Å². The normalized spacial score (nSPS) is 11.6. The van der Waals surface area contributed by atoms with Crippen molar-refractivity contribution in [1.82, 2.24) is 9.97 Å². The predicted octanol–water partition coefficient (Wildman–Crippen LogP) is 4.54. The van der Waals surface area contributed by atoms with Gasteiger partial charge in [-0.3, -0.25) is 4.72 Å². The van der Waals surface area contributed by atoms with Gasteiger partial charge in [-0.15, -0.1) is 0 Å². The molecule has 0 atom stereocenters. The van der Waals surface area contributed by atoms with E-state index in [1.807, 2.05) is 36.4 Å². The summed E-state index contributed by atoms with van der Waals surface area (Å²) in [5, 5.41) is 2.70. The summed E-state index contributed by atoms with van der Waals surface area (Å²) in [7, 11) is -3.73. The maximum atomic E-state index is 12.7. The van der Waals surface area contributed by atoms with E-state index in [1.54, 1.807) is 42.5 Å². The van der Waals surface area contributed by atoms with Gasteiger partial charge in [0.25, 0.3) is 10.0 Å². The maximum Gasteiger partial charge on any atom is 0.345 e. The van der Waals surface area contributed by atoms with Gasteiger partial charge in [-0.05, 0) is 29.7 Å². The van der Waals surface area contributed by atoms with Crippen LogP contribution in [0.4, 0.5) is 5.69 Å². The molecule has 0 aliphatic carbocycles. The molecule has 0 saturated heterocycles. The van der Waals surface area contributed by atoms with Crippen LogP contribution >= 0.6 is 0 Å². The molecule has 0 radical (unpaired) electrons. The molecule has 4 aromatic carbocycles. The van der Waals surface area contributed by atoms with Gasteiger partial charge in [0.2, 0.25) is 0 Å². The Balaban J connectivity index is 1.63. The second kappa shape index (κ2) is 7.37. The Labute approximate surface area is 178 Å². The summed E-state index contributed by atoms with van der Waals surface area (Å²) in [5.41, 5.74) is 1.75. The third kappa shape index (κ3) is 3.55. The van der Waals surface area contributed by atoms with E-state index in [1.165, 1.54) is 12.1 Å². The molecule has 152 valence electrons. The van der Waals surface area contributed by atoms with Gasteiger partial charge in [0.05, 0.1) is 16.1 Å². The first-order valence-corrected chi connectivity index (χ1v) is 11.1. The van der Waals surface area contributed by atoms with Crippen molar-refractivity contribution in [2.45, 2.75) is 4.90 Å².